The molecule has 0 bridgehead atoms. The highest BCUT2D eigenvalue weighted by Crippen LogP contribution is 2.30. The number of carbonyl (C=O) groups excluding carboxylic acids is 1. The zero-order chi connectivity index (χ0) is 17.0. The van der Waals surface area contributed by atoms with Crippen molar-refractivity contribution in [2.45, 2.75) is 46.5 Å². The average molecular weight is 317 g/mol. The summed E-state index contributed by atoms with van der Waals surface area (Å²) in [6.45, 7) is 7.00. The number of aliphatic carboxylic acids is 1. The molecule has 2 rings (SSSR count). The van der Waals surface area contributed by atoms with Crippen LogP contribution in [0.5, 0.6) is 0 Å². The Morgan fingerprint density at radius 3 is 2.35 bits per heavy atom. The van der Waals surface area contributed by atoms with Crippen LogP contribution in [0.3, 0.4) is 0 Å². The summed E-state index contributed by atoms with van der Waals surface area (Å²) in [4.78, 5) is 25.2. The summed E-state index contributed by atoms with van der Waals surface area (Å²) >= 11 is 0. The van der Waals surface area contributed by atoms with Crippen LogP contribution in [0.25, 0.3) is 0 Å². The summed E-state index contributed by atoms with van der Waals surface area (Å²) in [5.41, 5.74) is 1.70. The number of carbonyl (C=O) groups is 2. The molecule has 4 nitrogen and oxygen atoms in total. The third kappa shape index (κ3) is 4.57. The molecule has 1 atom stereocenters. The van der Waals surface area contributed by atoms with Crippen molar-refractivity contribution in [1.29, 1.82) is 0 Å². The molecule has 1 N–H and O–H groups in total. The molecule has 1 saturated heterocycles. The summed E-state index contributed by atoms with van der Waals surface area (Å²) in [5, 5.41) is 9.23. The molecule has 23 heavy (non-hydrogen) atoms. The molecular formula is C19H27NO3. The minimum absolute atomic E-state index is 0.0567. The molecular weight excluding hydrogens is 290 g/mol. The van der Waals surface area contributed by atoms with E-state index in [1.54, 1.807) is 11.8 Å². The number of carboxylic acid groups (broad SMARTS) is 1. The molecule has 1 unspecified atom stereocenters. The predicted molar refractivity (Wildman–Crippen MR) is 90.2 cm³/mol. The molecule has 0 spiro atoms. The van der Waals surface area contributed by atoms with Gasteiger partial charge < -0.3 is 10.0 Å². The van der Waals surface area contributed by atoms with E-state index in [1.807, 2.05) is 0 Å². The lowest BCUT2D eigenvalue weighted by Gasteiger charge is -2.20. The monoisotopic (exact) mass is 317 g/mol. The van der Waals surface area contributed by atoms with E-state index in [2.05, 4.69) is 38.1 Å². The fraction of sp³-hybridized carbons (Fsp3) is 0.579. The van der Waals surface area contributed by atoms with Crippen molar-refractivity contribution < 1.29 is 14.7 Å². The van der Waals surface area contributed by atoms with E-state index in [9.17, 15) is 14.7 Å². The normalized spacial score (nSPS) is 21.0. The van der Waals surface area contributed by atoms with Crippen molar-refractivity contribution in [2.24, 2.45) is 11.3 Å². The minimum Gasteiger partial charge on any atom is -0.481 e. The maximum atomic E-state index is 12.3. The summed E-state index contributed by atoms with van der Waals surface area (Å²) < 4.78 is 0. The van der Waals surface area contributed by atoms with Gasteiger partial charge >= 0.3 is 5.97 Å². The van der Waals surface area contributed by atoms with Crippen LogP contribution in [-0.2, 0) is 22.4 Å². The summed E-state index contributed by atoms with van der Waals surface area (Å²) in [6.07, 6.45) is 2.76. The number of hydrogen-bond acceptors (Lipinski definition) is 2. The first-order valence-electron chi connectivity index (χ1n) is 8.39. The van der Waals surface area contributed by atoms with Crippen LogP contribution in [-0.4, -0.2) is 35.0 Å². The van der Waals surface area contributed by atoms with E-state index in [-0.39, 0.29) is 5.91 Å². The van der Waals surface area contributed by atoms with Crippen molar-refractivity contribution in [3.63, 3.8) is 0 Å². The summed E-state index contributed by atoms with van der Waals surface area (Å²) in [5.74, 6) is -0.115. The van der Waals surface area contributed by atoms with Gasteiger partial charge in [-0.05, 0) is 43.2 Å². The lowest BCUT2D eigenvalue weighted by molar-refractivity contribution is -0.147. The van der Waals surface area contributed by atoms with Crippen molar-refractivity contribution >= 4 is 11.9 Å². The Hall–Kier alpha value is -1.84. The molecule has 1 aliphatic rings. The Labute approximate surface area is 138 Å². The van der Waals surface area contributed by atoms with Crippen molar-refractivity contribution in [3.8, 4) is 0 Å². The summed E-state index contributed by atoms with van der Waals surface area (Å²) in [6, 6.07) is 8.46. The van der Waals surface area contributed by atoms with Crippen LogP contribution in [0.1, 0.15) is 44.7 Å². The Balaban J connectivity index is 1.84. The number of carboxylic acids is 1. The molecule has 1 aliphatic heterocycles. The smallest absolute Gasteiger partial charge is 0.311 e. The van der Waals surface area contributed by atoms with Gasteiger partial charge in [0, 0.05) is 19.5 Å². The van der Waals surface area contributed by atoms with Gasteiger partial charge in [-0.3, -0.25) is 9.59 Å². The Morgan fingerprint density at radius 2 is 1.83 bits per heavy atom. The van der Waals surface area contributed by atoms with E-state index in [0.717, 1.165) is 12.0 Å². The molecule has 1 heterocycles. The standard InChI is InChI=1S/C19H27NO3/c1-14(2)12-16-6-4-15(5-7-16)8-9-17(21)20-11-10-19(3,13-20)18(22)23/h4-7,14H,8-13H2,1-3H3,(H,22,23). The molecule has 1 aromatic rings. The van der Waals surface area contributed by atoms with Gasteiger partial charge in [-0.1, -0.05) is 38.1 Å². The Morgan fingerprint density at radius 1 is 1.22 bits per heavy atom. The number of likely N-dealkylation sites (tertiary alicyclic amines) is 1. The van der Waals surface area contributed by atoms with Crippen LogP contribution in [0.2, 0.25) is 0 Å². The molecule has 0 saturated carbocycles. The second kappa shape index (κ2) is 7.16. The van der Waals surface area contributed by atoms with Crippen LogP contribution in [0, 0.1) is 11.3 Å². The highest BCUT2D eigenvalue weighted by Gasteiger charge is 2.41. The van der Waals surface area contributed by atoms with Crippen LogP contribution >= 0.6 is 0 Å². The number of hydrogen-bond donors (Lipinski definition) is 1. The maximum absolute atomic E-state index is 12.3. The maximum Gasteiger partial charge on any atom is 0.311 e. The lowest BCUT2D eigenvalue weighted by atomic mass is 9.90. The van der Waals surface area contributed by atoms with Gasteiger partial charge in [-0.2, -0.15) is 0 Å². The third-order valence-corrected chi connectivity index (χ3v) is 4.64. The summed E-state index contributed by atoms with van der Waals surface area (Å²) in [7, 11) is 0. The van der Waals surface area contributed by atoms with Crippen LogP contribution in [0.15, 0.2) is 24.3 Å². The fourth-order valence-electron chi connectivity index (χ4n) is 3.07. The SMILES string of the molecule is CC(C)Cc1ccc(CCC(=O)N2CCC(C)(C(=O)O)C2)cc1. The van der Waals surface area contributed by atoms with Crippen molar-refractivity contribution in [3.05, 3.63) is 35.4 Å². The molecule has 126 valence electrons. The van der Waals surface area contributed by atoms with E-state index in [1.165, 1.54) is 5.56 Å². The first-order chi connectivity index (χ1) is 10.8. The predicted octanol–water partition coefficient (Wildman–Crippen LogP) is 3.14. The molecule has 1 fully saturated rings. The Kier molecular flexibility index (Phi) is 5.45. The fourth-order valence-corrected chi connectivity index (χ4v) is 3.07. The first-order valence-corrected chi connectivity index (χ1v) is 8.39. The highest BCUT2D eigenvalue weighted by atomic mass is 16.4. The van der Waals surface area contributed by atoms with Gasteiger partial charge in [0.1, 0.15) is 0 Å². The third-order valence-electron chi connectivity index (χ3n) is 4.64. The number of nitrogens with zero attached hydrogens (tertiary/aromatic N) is 1. The van der Waals surface area contributed by atoms with Gasteiger partial charge in [0.25, 0.3) is 0 Å². The second-order valence-electron chi connectivity index (χ2n) is 7.35. The number of aryl methyl sites for hydroxylation is 1. The quantitative estimate of drug-likeness (QED) is 0.877. The molecule has 0 aromatic heterocycles. The van der Waals surface area contributed by atoms with E-state index in [4.69, 9.17) is 0 Å². The Bertz CT molecular complexity index is 564. The topological polar surface area (TPSA) is 57.6 Å². The zero-order valence-corrected chi connectivity index (χ0v) is 14.3. The van der Waals surface area contributed by atoms with Gasteiger partial charge in [-0.15, -0.1) is 0 Å². The van der Waals surface area contributed by atoms with Crippen LogP contribution < -0.4 is 0 Å². The number of benzene rings is 1. The largest absolute Gasteiger partial charge is 0.481 e. The van der Waals surface area contributed by atoms with Crippen molar-refractivity contribution in [1.82, 2.24) is 4.90 Å². The molecule has 0 radical (unpaired) electrons. The number of rotatable bonds is 6. The van der Waals surface area contributed by atoms with Gasteiger partial charge in [0.2, 0.25) is 5.91 Å². The molecule has 0 aliphatic carbocycles. The number of amides is 1. The van der Waals surface area contributed by atoms with E-state index >= 15 is 0 Å². The molecule has 1 aromatic carbocycles. The molecule has 4 heteroatoms. The molecule has 1 amide bonds. The van der Waals surface area contributed by atoms with Crippen LogP contribution in [0.4, 0.5) is 0 Å². The van der Waals surface area contributed by atoms with Gasteiger partial charge in [-0.25, -0.2) is 0 Å². The minimum atomic E-state index is -0.812. The zero-order valence-electron chi connectivity index (χ0n) is 14.3. The average Bonchev–Trinajstić information content (AvgIpc) is 2.90. The van der Waals surface area contributed by atoms with Gasteiger partial charge in [0.05, 0.1) is 5.41 Å². The second-order valence-corrected chi connectivity index (χ2v) is 7.35. The van der Waals surface area contributed by atoms with E-state index in [0.29, 0.717) is 38.3 Å². The first kappa shape index (κ1) is 17.5. The van der Waals surface area contributed by atoms with E-state index < -0.39 is 11.4 Å². The van der Waals surface area contributed by atoms with Crippen molar-refractivity contribution in [2.75, 3.05) is 13.1 Å². The van der Waals surface area contributed by atoms with Gasteiger partial charge in [0.15, 0.2) is 0 Å². The highest BCUT2D eigenvalue weighted by molar-refractivity contribution is 5.80. The lowest BCUT2D eigenvalue weighted by Crippen LogP contribution is -2.34.